The Hall–Kier alpha value is -2.09. The molecule has 0 radical (unpaired) electrons. The van der Waals surface area contributed by atoms with Crippen molar-refractivity contribution in [3.05, 3.63) is 29.1 Å². The van der Waals surface area contributed by atoms with E-state index in [0.29, 0.717) is 17.7 Å². The van der Waals surface area contributed by atoms with Gasteiger partial charge >= 0.3 is 0 Å². The largest absolute Gasteiger partial charge is 0.346 e. The third kappa shape index (κ3) is 3.52. The van der Waals surface area contributed by atoms with E-state index < -0.39 is 30.7 Å². The zero-order valence-electron chi connectivity index (χ0n) is 11.0. The summed E-state index contributed by atoms with van der Waals surface area (Å²) < 4.78 is 39.8. The molecule has 1 aliphatic heterocycles. The molecule has 0 spiro atoms. The third-order valence-electron chi connectivity index (χ3n) is 3.14. The normalized spacial score (nSPS) is 14.4. The number of halogens is 3. The first-order chi connectivity index (χ1) is 9.82. The lowest BCUT2D eigenvalue weighted by atomic mass is 9.99. The molecule has 1 aromatic rings. The highest BCUT2D eigenvalue weighted by Crippen LogP contribution is 2.26. The van der Waals surface area contributed by atoms with Crippen LogP contribution in [0.15, 0.2) is 12.1 Å². The number of alkyl halides is 2. The molecule has 21 heavy (non-hydrogen) atoms. The molecule has 0 aromatic heterocycles. The second kappa shape index (κ2) is 5.72. The van der Waals surface area contributed by atoms with Gasteiger partial charge in [-0.15, -0.1) is 0 Å². The van der Waals surface area contributed by atoms with Crippen molar-refractivity contribution in [3.63, 3.8) is 0 Å². The van der Waals surface area contributed by atoms with Crippen LogP contribution in [0.25, 0.3) is 0 Å². The number of fused-ring (bicyclic) bond motifs is 1. The predicted molar refractivity (Wildman–Crippen MR) is 69.7 cm³/mol. The molecule has 0 atom stereocenters. The Balaban J connectivity index is 2.17. The Morgan fingerprint density at radius 3 is 2.76 bits per heavy atom. The van der Waals surface area contributed by atoms with Crippen LogP contribution in [-0.2, 0) is 11.2 Å². The number of carbonyl (C=O) groups is 2. The van der Waals surface area contributed by atoms with Gasteiger partial charge in [0.15, 0.2) is 0 Å². The number of carbonyl (C=O) groups excluding carboxylic acids is 2. The highest BCUT2D eigenvalue weighted by atomic mass is 19.3. The SMILES string of the molecule is NCC(F)(F)CNC(=O)c1cc2c(cc1F)NC(=O)CC2. The van der Waals surface area contributed by atoms with E-state index in [4.69, 9.17) is 5.73 Å². The third-order valence-corrected chi connectivity index (χ3v) is 3.14. The second-order valence-corrected chi connectivity index (χ2v) is 4.78. The maximum absolute atomic E-state index is 13.8. The zero-order chi connectivity index (χ0) is 15.6. The van der Waals surface area contributed by atoms with E-state index >= 15 is 0 Å². The lowest BCUT2D eigenvalue weighted by Gasteiger charge is -2.19. The van der Waals surface area contributed by atoms with Crippen LogP contribution in [0.2, 0.25) is 0 Å². The number of aryl methyl sites for hydroxylation is 1. The molecule has 2 amide bonds. The van der Waals surface area contributed by atoms with Gasteiger partial charge in [-0.05, 0) is 24.1 Å². The van der Waals surface area contributed by atoms with Gasteiger partial charge in [-0.1, -0.05) is 0 Å². The number of rotatable bonds is 4. The second-order valence-electron chi connectivity index (χ2n) is 4.78. The van der Waals surface area contributed by atoms with Crippen molar-refractivity contribution in [1.82, 2.24) is 5.32 Å². The molecule has 1 aromatic carbocycles. The van der Waals surface area contributed by atoms with Crippen LogP contribution in [0.1, 0.15) is 22.3 Å². The number of hydrogen-bond donors (Lipinski definition) is 3. The van der Waals surface area contributed by atoms with Gasteiger partial charge in [0.25, 0.3) is 11.8 Å². The quantitative estimate of drug-likeness (QED) is 0.776. The molecule has 0 saturated carbocycles. The van der Waals surface area contributed by atoms with E-state index in [-0.39, 0.29) is 17.9 Å². The fraction of sp³-hybridized carbons (Fsp3) is 0.385. The highest BCUT2D eigenvalue weighted by molar-refractivity contribution is 5.98. The van der Waals surface area contributed by atoms with Crippen LogP contribution in [0.3, 0.4) is 0 Å². The standard InChI is InChI=1S/C13H14F3N3O2/c14-9-4-10-7(1-2-11(20)19-10)3-8(9)12(21)18-6-13(15,16)5-17/h3-4H,1-2,5-6,17H2,(H,18,21)(H,19,20). The molecule has 2 rings (SSSR count). The Labute approximate surface area is 118 Å². The summed E-state index contributed by atoms with van der Waals surface area (Å²) >= 11 is 0. The lowest BCUT2D eigenvalue weighted by Crippen LogP contribution is -2.41. The van der Waals surface area contributed by atoms with E-state index in [1.165, 1.54) is 6.07 Å². The monoisotopic (exact) mass is 301 g/mol. The molecule has 0 unspecified atom stereocenters. The van der Waals surface area contributed by atoms with Crippen molar-refractivity contribution in [2.24, 2.45) is 5.73 Å². The Morgan fingerprint density at radius 1 is 1.38 bits per heavy atom. The topological polar surface area (TPSA) is 84.2 Å². The number of nitrogens with two attached hydrogens (primary N) is 1. The summed E-state index contributed by atoms with van der Waals surface area (Å²) in [6.07, 6.45) is 0.589. The van der Waals surface area contributed by atoms with Crippen molar-refractivity contribution in [2.75, 3.05) is 18.4 Å². The maximum Gasteiger partial charge on any atom is 0.277 e. The fourth-order valence-electron chi connectivity index (χ4n) is 1.95. The Bertz CT molecular complexity index is 590. The van der Waals surface area contributed by atoms with Crippen LogP contribution in [0.5, 0.6) is 0 Å². The van der Waals surface area contributed by atoms with Crippen LogP contribution in [0.4, 0.5) is 18.9 Å². The van der Waals surface area contributed by atoms with Crippen LogP contribution in [0, 0.1) is 5.82 Å². The van der Waals surface area contributed by atoms with Crippen molar-refractivity contribution < 1.29 is 22.8 Å². The van der Waals surface area contributed by atoms with E-state index in [1.54, 1.807) is 0 Å². The molecule has 114 valence electrons. The van der Waals surface area contributed by atoms with Gasteiger partial charge in [0.05, 0.1) is 18.7 Å². The molecular weight excluding hydrogens is 287 g/mol. The summed E-state index contributed by atoms with van der Waals surface area (Å²) in [5.74, 6) is -5.31. The molecule has 0 fully saturated rings. The van der Waals surface area contributed by atoms with Gasteiger partial charge in [0.1, 0.15) is 5.82 Å². The number of nitrogens with one attached hydrogen (secondary N) is 2. The van der Waals surface area contributed by atoms with Crippen LogP contribution in [-0.4, -0.2) is 30.8 Å². The molecule has 8 heteroatoms. The van der Waals surface area contributed by atoms with E-state index in [0.717, 1.165) is 6.07 Å². The van der Waals surface area contributed by atoms with Crippen LogP contribution >= 0.6 is 0 Å². The maximum atomic E-state index is 13.8. The first-order valence-electron chi connectivity index (χ1n) is 6.31. The fourth-order valence-corrected chi connectivity index (χ4v) is 1.95. The zero-order valence-corrected chi connectivity index (χ0v) is 11.0. The molecule has 0 bridgehead atoms. The molecule has 1 aliphatic rings. The van der Waals surface area contributed by atoms with Crippen molar-refractivity contribution >= 4 is 17.5 Å². The lowest BCUT2D eigenvalue weighted by molar-refractivity contribution is -0.116. The van der Waals surface area contributed by atoms with Crippen molar-refractivity contribution in [1.29, 1.82) is 0 Å². The average Bonchev–Trinajstić information content (AvgIpc) is 2.44. The minimum Gasteiger partial charge on any atom is -0.346 e. The van der Waals surface area contributed by atoms with Gasteiger partial charge in [-0.2, -0.15) is 0 Å². The summed E-state index contributed by atoms with van der Waals surface area (Å²) in [6.45, 7) is -1.87. The van der Waals surface area contributed by atoms with Crippen molar-refractivity contribution in [3.8, 4) is 0 Å². The molecule has 0 saturated heterocycles. The minimum absolute atomic E-state index is 0.227. The summed E-state index contributed by atoms with van der Waals surface area (Å²) in [6, 6.07) is 2.28. The first kappa shape index (κ1) is 15.3. The number of hydrogen-bond acceptors (Lipinski definition) is 3. The summed E-state index contributed by atoms with van der Waals surface area (Å²) in [5, 5.41) is 4.44. The van der Waals surface area contributed by atoms with Gasteiger partial charge in [0, 0.05) is 12.1 Å². The smallest absolute Gasteiger partial charge is 0.277 e. The van der Waals surface area contributed by atoms with E-state index in [2.05, 4.69) is 5.32 Å². The average molecular weight is 301 g/mol. The predicted octanol–water partition coefficient (Wildman–Crippen LogP) is 1.03. The molecule has 1 heterocycles. The first-order valence-corrected chi connectivity index (χ1v) is 6.31. The van der Waals surface area contributed by atoms with Crippen molar-refractivity contribution in [2.45, 2.75) is 18.8 Å². The molecular formula is C13H14F3N3O2. The summed E-state index contributed by atoms with van der Waals surface area (Å²) in [5.41, 5.74) is 5.40. The number of anilines is 1. The van der Waals surface area contributed by atoms with E-state index in [9.17, 15) is 22.8 Å². The Kier molecular flexibility index (Phi) is 4.17. The molecule has 0 aliphatic carbocycles. The Morgan fingerprint density at radius 2 is 2.10 bits per heavy atom. The van der Waals surface area contributed by atoms with Gasteiger partial charge in [-0.25, -0.2) is 13.2 Å². The van der Waals surface area contributed by atoms with Gasteiger partial charge in [-0.3, -0.25) is 9.59 Å². The van der Waals surface area contributed by atoms with Gasteiger partial charge < -0.3 is 16.4 Å². The van der Waals surface area contributed by atoms with Crippen LogP contribution < -0.4 is 16.4 Å². The highest BCUT2D eigenvalue weighted by Gasteiger charge is 2.28. The number of amides is 2. The summed E-state index contributed by atoms with van der Waals surface area (Å²) in [7, 11) is 0. The number of benzene rings is 1. The minimum atomic E-state index is -3.24. The summed E-state index contributed by atoms with van der Waals surface area (Å²) in [4.78, 5) is 23.0. The molecule has 4 N–H and O–H groups in total. The van der Waals surface area contributed by atoms with Gasteiger partial charge in [0.2, 0.25) is 5.91 Å². The van der Waals surface area contributed by atoms with E-state index in [1.807, 2.05) is 5.32 Å². The molecule has 5 nitrogen and oxygen atoms in total.